The normalized spacial score (nSPS) is 16.2. The van der Waals surface area contributed by atoms with Gasteiger partial charge in [0.1, 0.15) is 5.82 Å². The molecule has 1 saturated heterocycles. The molecule has 0 aromatic carbocycles. The largest absolute Gasteiger partial charge is 0.389 e. The molecule has 158 valence electrons. The molecule has 29 heavy (non-hydrogen) atoms. The Balaban J connectivity index is 1.42. The summed E-state index contributed by atoms with van der Waals surface area (Å²) >= 11 is 1.58. The molecule has 0 aliphatic carbocycles. The van der Waals surface area contributed by atoms with E-state index < -0.39 is 6.10 Å². The van der Waals surface area contributed by atoms with Crippen LogP contribution in [0.15, 0.2) is 35.8 Å². The molecule has 8 heteroatoms. The number of carbonyl (C=O) groups is 1. The molecule has 0 saturated carbocycles. The number of pyridine rings is 1. The van der Waals surface area contributed by atoms with Crippen molar-refractivity contribution in [2.45, 2.75) is 32.5 Å². The van der Waals surface area contributed by atoms with Crippen LogP contribution in [0.3, 0.4) is 0 Å². The van der Waals surface area contributed by atoms with Crippen LogP contribution >= 0.6 is 11.3 Å². The highest BCUT2D eigenvalue weighted by Gasteiger charge is 2.20. The monoisotopic (exact) mass is 418 g/mol. The van der Waals surface area contributed by atoms with Crippen LogP contribution in [0.2, 0.25) is 0 Å². The van der Waals surface area contributed by atoms with E-state index in [0.29, 0.717) is 25.3 Å². The summed E-state index contributed by atoms with van der Waals surface area (Å²) in [6, 6.07) is 7.75. The number of hydrogen-bond donors (Lipinski definition) is 2. The Hall–Kier alpha value is -2.00. The number of amides is 1. The van der Waals surface area contributed by atoms with Crippen LogP contribution in [0.25, 0.3) is 0 Å². The SMILES string of the molecule is CC(C)OC[C@@H](O)CN1CCN(c2ccc(NC(=O)Cc3cccs3)cn2)CC1. The van der Waals surface area contributed by atoms with Crippen LogP contribution in [0.5, 0.6) is 0 Å². The fraction of sp³-hybridized carbons (Fsp3) is 0.524. The third-order valence-electron chi connectivity index (χ3n) is 4.73. The van der Waals surface area contributed by atoms with Gasteiger partial charge in [0.05, 0.1) is 37.1 Å². The number of nitrogens with zero attached hydrogens (tertiary/aromatic N) is 3. The number of anilines is 2. The first kappa shape index (κ1) is 21.7. The molecule has 0 bridgehead atoms. The van der Waals surface area contributed by atoms with E-state index in [1.54, 1.807) is 17.5 Å². The van der Waals surface area contributed by atoms with Gasteiger partial charge in [0.2, 0.25) is 5.91 Å². The molecule has 1 atom stereocenters. The smallest absolute Gasteiger partial charge is 0.229 e. The van der Waals surface area contributed by atoms with Crippen LogP contribution in [0.4, 0.5) is 11.5 Å². The second-order valence-electron chi connectivity index (χ2n) is 7.53. The zero-order chi connectivity index (χ0) is 20.6. The molecule has 1 fully saturated rings. The molecule has 1 amide bonds. The van der Waals surface area contributed by atoms with Gasteiger partial charge in [0, 0.05) is 37.6 Å². The maximum atomic E-state index is 12.1. The summed E-state index contributed by atoms with van der Waals surface area (Å²) in [6.45, 7) is 8.41. The minimum Gasteiger partial charge on any atom is -0.389 e. The van der Waals surface area contributed by atoms with Crippen molar-refractivity contribution >= 4 is 28.7 Å². The standard InChI is InChI=1S/C21H30N4O3S/c1-16(2)28-15-18(26)14-24-7-9-25(10-8-24)20-6-5-17(13-22-20)23-21(27)12-19-4-3-11-29-19/h3-6,11,13,16,18,26H,7-10,12,14-15H2,1-2H3,(H,23,27)/t18-/m0/s1. The van der Waals surface area contributed by atoms with E-state index in [0.717, 1.165) is 36.9 Å². The van der Waals surface area contributed by atoms with Crippen molar-refractivity contribution in [3.05, 3.63) is 40.7 Å². The molecular formula is C21H30N4O3S. The molecule has 0 unspecified atom stereocenters. The molecule has 2 aromatic heterocycles. The first-order chi connectivity index (χ1) is 14.0. The van der Waals surface area contributed by atoms with Crippen LogP contribution in [0.1, 0.15) is 18.7 Å². The van der Waals surface area contributed by atoms with Gasteiger partial charge < -0.3 is 20.1 Å². The lowest BCUT2D eigenvalue weighted by atomic mass is 10.2. The van der Waals surface area contributed by atoms with Crippen LogP contribution in [-0.4, -0.2) is 72.4 Å². The number of carbonyl (C=O) groups excluding carboxylic acids is 1. The Morgan fingerprint density at radius 3 is 2.69 bits per heavy atom. The Morgan fingerprint density at radius 1 is 1.28 bits per heavy atom. The number of piperazine rings is 1. The topological polar surface area (TPSA) is 77.9 Å². The summed E-state index contributed by atoms with van der Waals surface area (Å²) in [6.07, 6.45) is 1.77. The number of aliphatic hydroxyl groups excluding tert-OH is 1. The maximum Gasteiger partial charge on any atom is 0.229 e. The van der Waals surface area contributed by atoms with E-state index in [1.165, 1.54) is 0 Å². The van der Waals surface area contributed by atoms with Gasteiger partial charge in [-0.3, -0.25) is 9.69 Å². The van der Waals surface area contributed by atoms with E-state index in [-0.39, 0.29) is 12.0 Å². The van der Waals surface area contributed by atoms with E-state index in [4.69, 9.17) is 4.74 Å². The fourth-order valence-electron chi connectivity index (χ4n) is 3.24. The van der Waals surface area contributed by atoms with Gasteiger partial charge in [-0.2, -0.15) is 0 Å². The minimum atomic E-state index is -0.459. The van der Waals surface area contributed by atoms with Gasteiger partial charge in [0.15, 0.2) is 0 Å². The number of hydrogen-bond acceptors (Lipinski definition) is 7. The number of aromatic nitrogens is 1. The van der Waals surface area contributed by atoms with E-state index in [2.05, 4.69) is 20.1 Å². The molecule has 2 N–H and O–H groups in total. The first-order valence-electron chi connectivity index (χ1n) is 10.0. The molecule has 0 radical (unpaired) electrons. The molecule has 1 aliphatic heterocycles. The van der Waals surface area contributed by atoms with Gasteiger partial charge in [-0.25, -0.2) is 4.98 Å². The van der Waals surface area contributed by atoms with Crippen molar-refractivity contribution in [1.82, 2.24) is 9.88 Å². The van der Waals surface area contributed by atoms with Crippen molar-refractivity contribution < 1.29 is 14.6 Å². The predicted octanol–water partition coefficient (Wildman–Crippen LogP) is 2.23. The van der Waals surface area contributed by atoms with Gasteiger partial charge in [-0.1, -0.05) is 6.07 Å². The van der Waals surface area contributed by atoms with Gasteiger partial charge in [0.25, 0.3) is 0 Å². The molecule has 3 heterocycles. The third-order valence-corrected chi connectivity index (χ3v) is 5.61. The summed E-state index contributed by atoms with van der Waals surface area (Å²) in [5.41, 5.74) is 0.710. The predicted molar refractivity (Wildman–Crippen MR) is 117 cm³/mol. The average molecular weight is 419 g/mol. The van der Waals surface area contributed by atoms with E-state index in [9.17, 15) is 9.90 Å². The van der Waals surface area contributed by atoms with Crippen molar-refractivity contribution in [3.63, 3.8) is 0 Å². The molecule has 0 spiro atoms. The second kappa shape index (κ2) is 10.7. The Kier molecular flexibility index (Phi) is 8.00. The lowest BCUT2D eigenvalue weighted by Gasteiger charge is -2.36. The summed E-state index contributed by atoms with van der Waals surface area (Å²) in [7, 11) is 0. The van der Waals surface area contributed by atoms with Gasteiger partial charge >= 0.3 is 0 Å². The Labute approximate surface area is 176 Å². The van der Waals surface area contributed by atoms with E-state index in [1.807, 2.05) is 43.5 Å². The Bertz CT molecular complexity index is 744. The number of ether oxygens (including phenoxy) is 1. The molecule has 3 rings (SSSR count). The van der Waals surface area contributed by atoms with Crippen molar-refractivity contribution in [2.75, 3.05) is 49.5 Å². The summed E-state index contributed by atoms with van der Waals surface area (Å²) in [5, 5.41) is 15.0. The highest BCUT2D eigenvalue weighted by Crippen LogP contribution is 2.17. The first-order valence-corrected chi connectivity index (χ1v) is 10.9. The van der Waals surface area contributed by atoms with Gasteiger partial charge in [-0.15, -0.1) is 11.3 Å². The van der Waals surface area contributed by atoms with Gasteiger partial charge in [-0.05, 0) is 37.4 Å². The number of nitrogens with one attached hydrogen (secondary N) is 1. The van der Waals surface area contributed by atoms with Crippen molar-refractivity contribution in [3.8, 4) is 0 Å². The molecule has 7 nitrogen and oxygen atoms in total. The van der Waals surface area contributed by atoms with Crippen LogP contribution in [0, 0.1) is 0 Å². The lowest BCUT2D eigenvalue weighted by Crippen LogP contribution is -2.49. The number of β-amino-alcohol motifs (C(OH)–C–C–N with tert-alkyl or cyclic N) is 1. The third kappa shape index (κ3) is 7.08. The minimum absolute atomic E-state index is 0.0318. The number of rotatable bonds is 9. The van der Waals surface area contributed by atoms with Crippen LogP contribution < -0.4 is 10.2 Å². The maximum absolute atomic E-state index is 12.1. The fourth-order valence-corrected chi connectivity index (χ4v) is 3.94. The quantitative estimate of drug-likeness (QED) is 0.650. The van der Waals surface area contributed by atoms with E-state index >= 15 is 0 Å². The number of thiophene rings is 1. The highest BCUT2D eigenvalue weighted by atomic mass is 32.1. The van der Waals surface area contributed by atoms with Crippen molar-refractivity contribution in [2.24, 2.45) is 0 Å². The zero-order valence-corrected chi connectivity index (χ0v) is 17.9. The summed E-state index contributed by atoms with van der Waals surface area (Å²) < 4.78 is 5.48. The van der Waals surface area contributed by atoms with Crippen LogP contribution in [-0.2, 0) is 16.0 Å². The summed E-state index contributed by atoms with van der Waals surface area (Å²) in [4.78, 5) is 22.1. The van der Waals surface area contributed by atoms with Crippen molar-refractivity contribution in [1.29, 1.82) is 0 Å². The molecular weight excluding hydrogens is 388 g/mol. The molecule has 2 aromatic rings. The highest BCUT2D eigenvalue weighted by molar-refractivity contribution is 7.10. The lowest BCUT2D eigenvalue weighted by molar-refractivity contribution is -0.115. The Morgan fingerprint density at radius 2 is 2.07 bits per heavy atom. The second-order valence-corrected chi connectivity index (χ2v) is 8.57. The number of aliphatic hydroxyl groups is 1. The summed E-state index contributed by atoms with van der Waals surface area (Å²) in [5.74, 6) is 0.875. The molecule has 1 aliphatic rings. The average Bonchev–Trinajstić information content (AvgIpc) is 3.20. The zero-order valence-electron chi connectivity index (χ0n) is 17.1.